The smallest absolute Gasteiger partial charge is 0.336 e. The number of nitrogens with zero attached hydrogens (tertiary/aromatic N) is 4. The van der Waals surface area contributed by atoms with Crippen molar-refractivity contribution in [3.63, 3.8) is 0 Å². The van der Waals surface area contributed by atoms with Gasteiger partial charge in [-0.05, 0) is 39.3 Å². The molecule has 0 amide bonds. The van der Waals surface area contributed by atoms with E-state index >= 15 is 0 Å². The second kappa shape index (κ2) is 5.57. The number of rotatable bonds is 4. The van der Waals surface area contributed by atoms with Crippen molar-refractivity contribution in [2.45, 2.75) is 10.6 Å². The Morgan fingerprint density at radius 2 is 2.26 bits per heavy atom. The molecule has 0 saturated heterocycles. The molecule has 2 rings (SSSR count). The van der Waals surface area contributed by atoms with E-state index in [1.54, 1.807) is 19.2 Å². The summed E-state index contributed by atoms with van der Waals surface area (Å²) in [6.07, 6.45) is 0. The fourth-order valence-corrected chi connectivity index (χ4v) is 2.79. The Morgan fingerprint density at radius 1 is 1.53 bits per heavy atom. The van der Waals surface area contributed by atoms with E-state index in [0.29, 0.717) is 15.2 Å². The zero-order valence-electron chi connectivity index (χ0n) is 9.78. The monoisotopic (exact) mass is 344 g/mol. The van der Waals surface area contributed by atoms with Gasteiger partial charge in [0, 0.05) is 9.37 Å². The van der Waals surface area contributed by atoms with Crippen molar-refractivity contribution in [1.29, 1.82) is 0 Å². The second-order valence-electron chi connectivity index (χ2n) is 3.63. The minimum Gasteiger partial charge on any atom is -0.478 e. The van der Waals surface area contributed by atoms with Gasteiger partial charge in [0.15, 0.2) is 5.82 Å². The molecule has 1 atom stereocenters. The highest BCUT2D eigenvalue weighted by Crippen LogP contribution is 2.21. The SMILES string of the molecule is Cn1nnc(CS(=O)c2ccc(Br)c(C(=O)O)c2)n1. The lowest BCUT2D eigenvalue weighted by Gasteiger charge is -2.03. The van der Waals surface area contributed by atoms with Crippen LogP contribution in [0.25, 0.3) is 0 Å². The molecule has 7 nitrogen and oxygen atoms in total. The molecule has 19 heavy (non-hydrogen) atoms. The van der Waals surface area contributed by atoms with E-state index in [1.807, 2.05) is 0 Å². The van der Waals surface area contributed by atoms with E-state index < -0.39 is 16.8 Å². The standard InChI is InChI=1S/C10H9BrN4O3S/c1-15-13-9(12-14-15)5-19(18)6-2-3-8(11)7(4-6)10(16)17/h2-4H,5H2,1H3,(H,16,17). The molecule has 1 N–H and O–H groups in total. The number of aromatic carboxylic acids is 1. The van der Waals surface area contributed by atoms with Gasteiger partial charge in [0.1, 0.15) is 0 Å². The first-order valence-corrected chi connectivity index (χ1v) is 7.22. The Balaban J connectivity index is 2.24. The number of carboxylic acids is 1. The van der Waals surface area contributed by atoms with Crippen LogP contribution in [0.4, 0.5) is 0 Å². The van der Waals surface area contributed by atoms with Gasteiger partial charge < -0.3 is 5.11 Å². The first-order valence-electron chi connectivity index (χ1n) is 5.11. The Kier molecular flexibility index (Phi) is 4.05. The number of benzene rings is 1. The van der Waals surface area contributed by atoms with Gasteiger partial charge in [0.05, 0.1) is 29.2 Å². The number of carbonyl (C=O) groups is 1. The molecule has 2 aromatic rings. The molecule has 0 bridgehead atoms. The van der Waals surface area contributed by atoms with Gasteiger partial charge in [-0.2, -0.15) is 4.80 Å². The van der Waals surface area contributed by atoms with Crippen LogP contribution >= 0.6 is 15.9 Å². The van der Waals surface area contributed by atoms with Crippen LogP contribution in [-0.2, 0) is 23.6 Å². The van der Waals surface area contributed by atoms with E-state index in [1.165, 1.54) is 10.9 Å². The maximum atomic E-state index is 12.1. The number of hydrogen-bond donors (Lipinski definition) is 1. The summed E-state index contributed by atoms with van der Waals surface area (Å²) in [4.78, 5) is 12.7. The normalized spacial score (nSPS) is 12.3. The van der Waals surface area contributed by atoms with Crippen molar-refractivity contribution in [2.75, 3.05) is 0 Å². The molecule has 9 heteroatoms. The Hall–Kier alpha value is -1.61. The number of tetrazole rings is 1. The predicted octanol–water partition coefficient (Wildman–Crippen LogP) is 0.979. The Labute approximate surface area is 119 Å². The average molecular weight is 345 g/mol. The highest BCUT2D eigenvalue weighted by molar-refractivity contribution is 9.10. The van der Waals surface area contributed by atoms with Crippen molar-refractivity contribution < 1.29 is 14.1 Å². The van der Waals surface area contributed by atoms with Crippen LogP contribution < -0.4 is 0 Å². The van der Waals surface area contributed by atoms with Crippen LogP contribution in [0.2, 0.25) is 0 Å². The molecule has 0 aliphatic heterocycles. The lowest BCUT2D eigenvalue weighted by Crippen LogP contribution is -2.03. The van der Waals surface area contributed by atoms with Crippen LogP contribution in [-0.4, -0.2) is 35.5 Å². The molecule has 0 saturated carbocycles. The van der Waals surface area contributed by atoms with Gasteiger partial charge in [-0.25, -0.2) is 4.79 Å². The van der Waals surface area contributed by atoms with Gasteiger partial charge in [-0.15, -0.1) is 10.2 Å². The van der Waals surface area contributed by atoms with Crippen LogP contribution in [0.15, 0.2) is 27.6 Å². The molecule has 0 aliphatic carbocycles. The number of aryl methyl sites for hydroxylation is 1. The Morgan fingerprint density at radius 3 is 2.84 bits per heavy atom. The molecule has 0 fully saturated rings. The summed E-state index contributed by atoms with van der Waals surface area (Å²) >= 11 is 3.13. The van der Waals surface area contributed by atoms with Gasteiger partial charge >= 0.3 is 5.97 Å². The summed E-state index contributed by atoms with van der Waals surface area (Å²) in [5, 5.41) is 20.3. The maximum absolute atomic E-state index is 12.1. The van der Waals surface area contributed by atoms with Crippen LogP contribution in [0, 0.1) is 0 Å². The molecule has 0 spiro atoms. The summed E-state index contributed by atoms with van der Waals surface area (Å²) in [6.45, 7) is 0. The average Bonchev–Trinajstić information content (AvgIpc) is 2.74. The van der Waals surface area contributed by atoms with Crippen LogP contribution in [0.1, 0.15) is 16.2 Å². The third kappa shape index (κ3) is 3.24. The lowest BCUT2D eigenvalue weighted by molar-refractivity contribution is 0.0695. The first kappa shape index (κ1) is 13.8. The third-order valence-corrected chi connectivity index (χ3v) is 4.23. The van der Waals surface area contributed by atoms with E-state index in [0.717, 1.165) is 0 Å². The van der Waals surface area contributed by atoms with Crippen molar-refractivity contribution in [3.05, 3.63) is 34.1 Å². The van der Waals surface area contributed by atoms with Crippen molar-refractivity contribution >= 4 is 32.7 Å². The molecule has 0 radical (unpaired) electrons. The predicted molar refractivity (Wildman–Crippen MR) is 70.0 cm³/mol. The van der Waals surface area contributed by atoms with Gasteiger partial charge in [-0.3, -0.25) is 4.21 Å². The Bertz CT molecular complexity index is 658. The van der Waals surface area contributed by atoms with Crippen molar-refractivity contribution in [1.82, 2.24) is 20.2 Å². The molecule has 1 aromatic carbocycles. The zero-order chi connectivity index (χ0) is 14.0. The molecular weight excluding hydrogens is 336 g/mol. The minimum absolute atomic E-state index is 0.0676. The van der Waals surface area contributed by atoms with Gasteiger partial charge in [0.25, 0.3) is 0 Å². The fraction of sp³-hybridized carbons (Fsp3) is 0.200. The first-order chi connectivity index (χ1) is 8.97. The zero-order valence-corrected chi connectivity index (χ0v) is 12.2. The van der Waals surface area contributed by atoms with E-state index in [2.05, 4.69) is 31.3 Å². The fourth-order valence-electron chi connectivity index (χ4n) is 1.39. The maximum Gasteiger partial charge on any atom is 0.336 e. The summed E-state index contributed by atoms with van der Waals surface area (Å²) in [5.41, 5.74) is 0.0676. The number of aromatic nitrogens is 4. The molecule has 1 aromatic heterocycles. The topological polar surface area (TPSA) is 98.0 Å². The summed E-state index contributed by atoms with van der Waals surface area (Å²) < 4.78 is 12.5. The van der Waals surface area contributed by atoms with Crippen molar-refractivity contribution in [2.24, 2.45) is 7.05 Å². The molecule has 0 aliphatic rings. The quantitative estimate of drug-likeness (QED) is 0.887. The van der Waals surface area contributed by atoms with Crippen molar-refractivity contribution in [3.8, 4) is 0 Å². The van der Waals surface area contributed by atoms with E-state index in [-0.39, 0.29) is 11.3 Å². The molecular formula is C10H9BrN4O3S. The second-order valence-corrected chi connectivity index (χ2v) is 5.94. The molecule has 1 heterocycles. The van der Waals surface area contributed by atoms with Gasteiger partial charge in [0.2, 0.25) is 0 Å². The van der Waals surface area contributed by atoms with E-state index in [4.69, 9.17) is 5.11 Å². The highest BCUT2D eigenvalue weighted by Gasteiger charge is 2.14. The highest BCUT2D eigenvalue weighted by atomic mass is 79.9. The van der Waals surface area contributed by atoms with Gasteiger partial charge in [-0.1, -0.05) is 0 Å². The minimum atomic E-state index is -1.42. The van der Waals surface area contributed by atoms with E-state index in [9.17, 15) is 9.00 Å². The number of halogens is 1. The number of carboxylic acid groups (broad SMARTS) is 1. The third-order valence-electron chi connectivity index (χ3n) is 2.24. The summed E-state index contributed by atoms with van der Waals surface area (Å²) in [5.74, 6) is -0.641. The molecule has 1 unspecified atom stereocenters. The summed E-state index contributed by atoms with van der Waals surface area (Å²) in [6, 6.07) is 4.53. The molecule has 100 valence electrons. The number of hydrogen-bond acceptors (Lipinski definition) is 5. The summed E-state index contributed by atoms with van der Waals surface area (Å²) in [7, 11) is 0.194. The van der Waals surface area contributed by atoms with Crippen LogP contribution in [0.3, 0.4) is 0 Å². The largest absolute Gasteiger partial charge is 0.478 e. The van der Waals surface area contributed by atoms with Crippen LogP contribution in [0.5, 0.6) is 0 Å². The lowest BCUT2D eigenvalue weighted by atomic mass is 10.2.